The Hall–Kier alpha value is -3.28. The molecule has 3 aromatic rings. The highest BCUT2D eigenvalue weighted by Crippen LogP contribution is 2.19. The summed E-state index contributed by atoms with van der Waals surface area (Å²) in [5.74, 6) is -0.281. The Morgan fingerprint density at radius 3 is 2.64 bits per heavy atom. The number of amides is 1. The van der Waals surface area contributed by atoms with Crippen LogP contribution in [0, 0.1) is 19.7 Å². The number of hydrogen-bond acceptors (Lipinski definition) is 4. The molecule has 6 heteroatoms. The summed E-state index contributed by atoms with van der Waals surface area (Å²) in [5, 5.41) is 5.80. The Kier molecular flexibility index (Phi) is 4.70. The molecule has 0 aliphatic heterocycles. The minimum absolute atomic E-state index is 0.217. The molecule has 1 amide bonds. The van der Waals surface area contributed by atoms with Crippen molar-refractivity contribution in [3.8, 4) is 0 Å². The molecule has 25 heavy (non-hydrogen) atoms. The molecule has 0 bridgehead atoms. The van der Waals surface area contributed by atoms with E-state index in [9.17, 15) is 9.18 Å². The zero-order valence-corrected chi connectivity index (χ0v) is 13.9. The summed E-state index contributed by atoms with van der Waals surface area (Å²) in [4.78, 5) is 20.5. The maximum atomic E-state index is 13.3. The third-order valence-corrected chi connectivity index (χ3v) is 3.85. The first-order chi connectivity index (χ1) is 12.0. The molecule has 2 aromatic carbocycles. The van der Waals surface area contributed by atoms with Crippen molar-refractivity contribution in [2.75, 3.05) is 10.6 Å². The molecule has 0 fully saturated rings. The number of benzene rings is 2. The lowest BCUT2D eigenvalue weighted by atomic mass is 10.1. The maximum absolute atomic E-state index is 13.3. The van der Waals surface area contributed by atoms with E-state index in [0.717, 1.165) is 16.8 Å². The van der Waals surface area contributed by atoms with Gasteiger partial charge < -0.3 is 10.6 Å². The number of nitrogens with zero attached hydrogens (tertiary/aromatic N) is 2. The number of nitrogens with one attached hydrogen (secondary N) is 2. The van der Waals surface area contributed by atoms with Crippen LogP contribution in [0.15, 0.2) is 54.9 Å². The molecule has 3 rings (SSSR count). The van der Waals surface area contributed by atoms with Crippen molar-refractivity contribution in [2.24, 2.45) is 0 Å². The smallest absolute Gasteiger partial charge is 0.274 e. The van der Waals surface area contributed by atoms with Crippen molar-refractivity contribution in [1.82, 2.24) is 9.97 Å². The molecule has 0 spiro atoms. The SMILES string of the molecule is Cc1cccc(NC(=O)c2cc(Nc3cccc(F)c3)ncn2)c1C. The number of carbonyl (C=O) groups excluding carboxylic acids is 1. The average molecular weight is 336 g/mol. The van der Waals surface area contributed by atoms with E-state index in [1.165, 1.54) is 24.5 Å². The Bertz CT molecular complexity index is 927. The van der Waals surface area contributed by atoms with Crippen LogP contribution in [0.4, 0.5) is 21.6 Å². The molecule has 2 N–H and O–H groups in total. The minimum Gasteiger partial charge on any atom is -0.340 e. The number of hydrogen-bond donors (Lipinski definition) is 2. The molecule has 0 aliphatic rings. The third-order valence-electron chi connectivity index (χ3n) is 3.85. The predicted octanol–water partition coefficient (Wildman–Crippen LogP) is 4.23. The van der Waals surface area contributed by atoms with E-state index >= 15 is 0 Å². The van der Waals surface area contributed by atoms with Gasteiger partial charge in [-0.2, -0.15) is 0 Å². The molecule has 5 nitrogen and oxygen atoms in total. The van der Waals surface area contributed by atoms with Gasteiger partial charge in [-0.25, -0.2) is 14.4 Å². The topological polar surface area (TPSA) is 66.9 Å². The summed E-state index contributed by atoms with van der Waals surface area (Å²) in [6.07, 6.45) is 1.29. The molecule has 0 saturated heterocycles. The first kappa shape index (κ1) is 16.6. The van der Waals surface area contributed by atoms with Crippen LogP contribution in [-0.4, -0.2) is 15.9 Å². The van der Waals surface area contributed by atoms with Crippen LogP contribution in [0.25, 0.3) is 0 Å². The fraction of sp³-hybridized carbons (Fsp3) is 0.105. The van der Waals surface area contributed by atoms with Crippen LogP contribution in [0.3, 0.4) is 0 Å². The van der Waals surface area contributed by atoms with Gasteiger partial charge in [0, 0.05) is 17.4 Å². The molecule has 0 radical (unpaired) electrons. The number of rotatable bonds is 4. The van der Waals surface area contributed by atoms with Gasteiger partial charge in [0.1, 0.15) is 23.7 Å². The van der Waals surface area contributed by atoms with Crippen molar-refractivity contribution in [2.45, 2.75) is 13.8 Å². The molecule has 0 aliphatic carbocycles. The molecule has 1 aromatic heterocycles. The number of carbonyl (C=O) groups is 1. The van der Waals surface area contributed by atoms with Crippen LogP contribution in [-0.2, 0) is 0 Å². The molecule has 0 saturated carbocycles. The van der Waals surface area contributed by atoms with Crippen LogP contribution < -0.4 is 10.6 Å². The van der Waals surface area contributed by atoms with Crippen molar-refractivity contribution in [3.63, 3.8) is 0 Å². The van der Waals surface area contributed by atoms with Gasteiger partial charge in [0.05, 0.1) is 0 Å². The number of halogens is 1. The zero-order valence-electron chi connectivity index (χ0n) is 13.9. The highest BCUT2D eigenvalue weighted by Gasteiger charge is 2.11. The van der Waals surface area contributed by atoms with Crippen LogP contribution in [0.5, 0.6) is 0 Å². The van der Waals surface area contributed by atoms with E-state index < -0.39 is 0 Å². The van der Waals surface area contributed by atoms with Crippen molar-refractivity contribution >= 4 is 23.1 Å². The first-order valence-electron chi connectivity index (χ1n) is 7.75. The van der Waals surface area contributed by atoms with Gasteiger partial charge >= 0.3 is 0 Å². The molecule has 126 valence electrons. The van der Waals surface area contributed by atoms with Gasteiger partial charge in [0.2, 0.25) is 0 Å². The van der Waals surface area contributed by atoms with Crippen molar-refractivity contribution in [3.05, 3.63) is 77.5 Å². The fourth-order valence-corrected chi connectivity index (χ4v) is 2.34. The summed E-state index contributed by atoms with van der Waals surface area (Å²) in [5.41, 5.74) is 3.59. The van der Waals surface area contributed by atoms with E-state index in [2.05, 4.69) is 20.6 Å². The van der Waals surface area contributed by atoms with Gasteiger partial charge in [0.15, 0.2) is 0 Å². The summed E-state index contributed by atoms with van der Waals surface area (Å²) in [6, 6.07) is 13.2. The lowest BCUT2D eigenvalue weighted by Crippen LogP contribution is -2.15. The third kappa shape index (κ3) is 3.98. The van der Waals surface area contributed by atoms with E-state index in [1.807, 2.05) is 32.0 Å². The summed E-state index contributed by atoms with van der Waals surface area (Å²) < 4.78 is 13.3. The summed E-state index contributed by atoms with van der Waals surface area (Å²) in [6.45, 7) is 3.93. The van der Waals surface area contributed by atoms with E-state index in [0.29, 0.717) is 11.5 Å². The maximum Gasteiger partial charge on any atom is 0.274 e. The second-order valence-corrected chi connectivity index (χ2v) is 5.63. The van der Waals surface area contributed by atoms with Crippen LogP contribution in [0.2, 0.25) is 0 Å². The van der Waals surface area contributed by atoms with Crippen LogP contribution in [0.1, 0.15) is 21.6 Å². The van der Waals surface area contributed by atoms with Gasteiger partial charge in [-0.05, 0) is 49.2 Å². The van der Waals surface area contributed by atoms with Gasteiger partial charge in [-0.1, -0.05) is 18.2 Å². The average Bonchev–Trinajstić information content (AvgIpc) is 2.59. The largest absolute Gasteiger partial charge is 0.340 e. The van der Waals surface area contributed by atoms with Gasteiger partial charge in [0.25, 0.3) is 5.91 Å². The minimum atomic E-state index is -0.355. The van der Waals surface area contributed by atoms with Crippen molar-refractivity contribution in [1.29, 1.82) is 0 Å². The Balaban J connectivity index is 1.78. The summed E-state index contributed by atoms with van der Waals surface area (Å²) >= 11 is 0. The second-order valence-electron chi connectivity index (χ2n) is 5.63. The molecular weight excluding hydrogens is 319 g/mol. The second kappa shape index (κ2) is 7.09. The lowest BCUT2D eigenvalue weighted by molar-refractivity contribution is 0.102. The lowest BCUT2D eigenvalue weighted by Gasteiger charge is -2.11. The first-order valence-corrected chi connectivity index (χ1v) is 7.75. The molecular formula is C19H17FN4O. The number of anilines is 3. The molecule has 0 atom stereocenters. The summed E-state index contributed by atoms with van der Waals surface area (Å²) in [7, 11) is 0. The normalized spacial score (nSPS) is 10.4. The van der Waals surface area contributed by atoms with Crippen molar-refractivity contribution < 1.29 is 9.18 Å². The van der Waals surface area contributed by atoms with Crippen LogP contribution >= 0.6 is 0 Å². The van der Waals surface area contributed by atoms with Gasteiger partial charge in [-0.3, -0.25) is 4.79 Å². The Morgan fingerprint density at radius 2 is 1.84 bits per heavy atom. The fourth-order valence-electron chi connectivity index (χ4n) is 2.34. The number of aryl methyl sites for hydroxylation is 1. The predicted molar refractivity (Wildman–Crippen MR) is 95.6 cm³/mol. The Morgan fingerprint density at radius 1 is 1.04 bits per heavy atom. The quantitative estimate of drug-likeness (QED) is 0.748. The van der Waals surface area contributed by atoms with E-state index in [1.54, 1.807) is 12.1 Å². The van der Waals surface area contributed by atoms with E-state index in [4.69, 9.17) is 0 Å². The standard InChI is InChI=1S/C19H17FN4O/c1-12-5-3-8-16(13(12)2)24-19(25)17-10-18(22-11-21-17)23-15-7-4-6-14(20)9-15/h3-11H,1-2H3,(H,24,25)(H,21,22,23). The monoisotopic (exact) mass is 336 g/mol. The van der Waals surface area contributed by atoms with E-state index in [-0.39, 0.29) is 17.4 Å². The zero-order chi connectivity index (χ0) is 17.8. The number of aromatic nitrogens is 2. The highest BCUT2D eigenvalue weighted by atomic mass is 19.1. The molecule has 1 heterocycles. The van der Waals surface area contributed by atoms with Gasteiger partial charge in [-0.15, -0.1) is 0 Å². The molecule has 0 unspecified atom stereocenters. The highest BCUT2D eigenvalue weighted by molar-refractivity contribution is 6.03. The Labute approximate surface area is 145 Å².